The molecular formula is C17H25ClN2O2. The zero-order chi connectivity index (χ0) is 16.3. The van der Waals surface area contributed by atoms with Crippen molar-refractivity contribution >= 4 is 17.4 Å². The topological polar surface area (TPSA) is 41.6 Å². The minimum absolute atomic E-state index is 0.0877. The lowest BCUT2D eigenvalue weighted by Crippen LogP contribution is -2.50. The number of benzene rings is 1. The fourth-order valence-electron chi connectivity index (χ4n) is 2.94. The van der Waals surface area contributed by atoms with Crippen LogP contribution in [0.25, 0.3) is 0 Å². The second-order valence-corrected chi connectivity index (χ2v) is 6.14. The Kier molecular flexibility index (Phi) is 5.84. The Labute approximate surface area is 137 Å². The Morgan fingerprint density at radius 1 is 1.41 bits per heavy atom. The van der Waals surface area contributed by atoms with Crippen LogP contribution in [0.2, 0.25) is 5.02 Å². The van der Waals surface area contributed by atoms with E-state index in [0.717, 1.165) is 37.3 Å². The molecule has 1 aliphatic heterocycles. The maximum Gasteiger partial charge on any atom is 0.183 e. The third-order valence-corrected chi connectivity index (χ3v) is 4.85. The second-order valence-electron chi connectivity index (χ2n) is 5.76. The predicted octanol–water partition coefficient (Wildman–Crippen LogP) is 2.83. The van der Waals surface area contributed by atoms with Crippen molar-refractivity contribution in [3.8, 4) is 5.75 Å². The van der Waals surface area contributed by atoms with Gasteiger partial charge in [0.25, 0.3) is 0 Å². The molecule has 22 heavy (non-hydrogen) atoms. The number of carbonyl (C=O) groups is 1. The van der Waals surface area contributed by atoms with Crippen LogP contribution >= 0.6 is 11.6 Å². The van der Waals surface area contributed by atoms with Crippen LogP contribution in [0.1, 0.15) is 35.3 Å². The van der Waals surface area contributed by atoms with Gasteiger partial charge in [-0.1, -0.05) is 11.6 Å². The minimum Gasteiger partial charge on any atom is -0.493 e. The number of rotatable bonds is 5. The molecule has 0 aromatic heterocycles. The van der Waals surface area contributed by atoms with Crippen molar-refractivity contribution in [3.63, 3.8) is 0 Å². The number of hydrogen-bond acceptors (Lipinski definition) is 4. The molecule has 0 saturated carbocycles. The molecule has 0 aliphatic carbocycles. The largest absolute Gasteiger partial charge is 0.493 e. The molecule has 1 saturated heterocycles. The van der Waals surface area contributed by atoms with Crippen molar-refractivity contribution in [1.82, 2.24) is 10.2 Å². The predicted molar refractivity (Wildman–Crippen MR) is 90.3 cm³/mol. The SMILES string of the molecule is CCOc1cc(C)c(Cl)c(C)c1C(=O)C(C)N1CCNCC1. The van der Waals surface area contributed by atoms with Gasteiger partial charge in [-0.15, -0.1) is 0 Å². The molecule has 1 aromatic carbocycles. The van der Waals surface area contributed by atoms with E-state index in [9.17, 15) is 4.79 Å². The number of piperazine rings is 1. The Hall–Kier alpha value is -1.10. The molecule has 4 nitrogen and oxygen atoms in total. The molecule has 1 N–H and O–H groups in total. The smallest absolute Gasteiger partial charge is 0.183 e. The monoisotopic (exact) mass is 324 g/mol. The number of nitrogens with one attached hydrogen (secondary N) is 1. The molecule has 2 rings (SSSR count). The number of hydrogen-bond donors (Lipinski definition) is 1. The maximum atomic E-state index is 13.0. The van der Waals surface area contributed by atoms with Crippen LogP contribution in [0, 0.1) is 13.8 Å². The average molecular weight is 325 g/mol. The first-order chi connectivity index (χ1) is 10.5. The summed E-state index contributed by atoms with van der Waals surface area (Å²) in [5.74, 6) is 0.735. The van der Waals surface area contributed by atoms with Crippen molar-refractivity contribution in [1.29, 1.82) is 0 Å². The van der Waals surface area contributed by atoms with E-state index in [1.165, 1.54) is 0 Å². The normalized spacial score (nSPS) is 17.3. The Morgan fingerprint density at radius 3 is 2.64 bits per heavy atom. The number of aryl methyl sites for hydroxylation is 1. The van der Waals surface area contributed by atoms with E-state index < -0.39 is 0 Å². The van der Waals surface area contributed by atoms with Gasteiger partial charge in [0.1, 0.15) is 5.75 Å². The molecule has 1 aliphatic rings. The maximum absolute atomic E-state index is 13.0. The molecule has 1 fully saturated rings. The highest BCUT2D eigenvalue weighted by Gasteiger charge is 2.28. The van der Waals surface area contributed by atoms with Crippen molar-refractivity contribution in [2.24, 2.45) is 0 Å². The highest BCUT2D eigenvalue weighted by molar-refractivity contribution is 6.32. The van der Waals surface area contributed by atoms with Crippen molar-refractivity contribution in [2.75, 3.05) is 32.8 Å². The summed E-state index contributed by atoms with van der Waals surface area (Å²) in [5, 5.41) is 3.96. The van der Waals surface area contributed by atoms with Gasteiger partial charge in [0.2, 0.25) is 0 Å². The Balaban J connectivity index is 2.36. The highest BCUT2D eigenvalue weighted by atomic mass is 35.5. The van der Waals surface area contributed by atoms with Crippen molar-refractivity contribution in [3.05, 3.63) is 27.8 Å². The first-order valence-electron chi connectivity index (χ1n) is 7.88. The van der Waals surface area contributed by atoms with Crippen LogP contribution in [0.3, 0.4) is 0 Å². The van der Waals surface area contributed by atoms with Crippen LogP contribution in [0.5, 0.6) is 5.75 Å². The zero-order valence-corrected chi connectivity index (χ0v) is 14.6. The van der Waals surface area contributed by atoms with E-state index in [2.05, 4.69) is 10.2 Å². The summed E-state index contributed by atoms with van der Waals surface area (Å²) < 4.78 is 5.70. The summed E-state index contributed by atoms with van der Waals surface area (Å²) in [5.41, 5.74) is 2.38. The minimum atomic E-state index is -0.168. The van der Waals surface area contributed by atoms with Crippen LogP contribution in [-0.2, 0) is 0 Å². The first kappa shape index (κ1) is 17.3. The van der Waals surface area contributed by atoms with Crippen molar-refractivity contribution < 1.29 is 9.53 Å². The number of ether oxygens (including phenoxy) is 1. The molecule has 1 heterocycles. The zero-order valence-electron chi connectivity index (χ0n) is 13.8. The highest BCUT2D eigenvalue weighted by Crippen LogP contribution is 2.33. The molecule has 0 spiro atoms. The lowest BCUT2D eigenvalue weighted by atomic mass is 9.96. The number of carbonyl (C=O) groups excluding carboxylic acids is 1. The molecule has 0 bridgehead atoms. The van der Waals surface area contributed by atoms with Crippen molar-refractivity contribution in [2.45, 2.75) is 33.7 Å². The Bertz CT molecular complexity index is 554. The van der Waals surface area contributed by atoms with E-state index in [-0.39, 0.29) is 11.8 Å². The number of nitrogens with zero attached hydrogens (tertiary/aromatic N) is 1. The molecular weight excluding hydrogens is 300 g/mol. The van der Waals surface area contributed by atoms with E-state index in [1.807, 2.05) is 33.8 Å². The molecule has 1 aromatic rings. The lowest BCUT2D eigenvalue weighted by molar-refractivity contribution is 0.0815. The van der Waals surface area contributed by atoms with Crippen LogP contribution in [0.15, 0.2) is 6.07 Å². The summed E-state index contributed by atoms with van der Waals surface area (Å²) in [6.45, 7) is 11.9. The summed E-state index contributed by atoms with van der Waals surface area (Å²) in [6.07, 6.45) is 0. The van der Waals surface area contributed by atoms with E-state index in [1.54, 1.807) is 0 Å². The summed E-state index contributed by atoms with van der Waals surface area (Å²) >= 11 is 6.36. The number of Topliss-reactive ketones (excluding diaryl/α,β-unsaturated/α-hetero) is 1. The van der Waals surface area contributed by atoms with E-state index in [0.29, 0.717) is 22.9 Å². The average Bonchev–Trinajstić information content (AvgIpc) is 2.53. The molecule has 1 unspecified atom stereocenters. The second kappa shape index (κ2) is 7.44. The fraction of sp³-hybridized carbons (Fsp3) is 0.588. The third kappa shape index (κ3) is 3.45. The molecule has 122 valence electrons. The van der Waals surface area contributed by atoms with Crippen LogP contribution in [0.4, 0.5) is 0 Å². The molecule has 0 amide bonds. The van der Waals surface area contributed by atoms with E-state index >= 15 is 0 Å². The fourth-order valence-corrected chi connectivity index (χ4v) is 3.09. The van der Waals surface area contributed by atoms with Gasteiger partial charge in [0.05, 0.1) is 18.2 Å². The van der Waals surface area contributed by atoms with Gasteiger partial charge in [-0.25, -0.2) is 0 Å². The summed E-state index contributed by atoms with van der Waals surface area (Å²) in [4.78, 5) is 15.2. The number of ketones is 1. The van der Waals surface area contributed by atoms with Gasteiger partial charge in [-0.05, 0) is 44.9 Å². The van der Waals surface area contributed by atoms with Gasteiger partial charge in [-0.2, -0.15) is 0 Å². The van der Waals surface area contributed by atoms with Gasteiger partial charge in [0, 0.05) is 31.2 Å². The lowest BCUT2D eigenvalue weighted by Gasteiger charge is -2.32. The van der Waals surface area contributed by atoms with Crippen LogP contribution < -0.4 is 10.1 Å². The first-order valence-corrected chi connectivity index (χ1v) is 8.26. The van der Waals surface area contributed by atoms with Crippen LogP contribution in [-0.4, -0.2) is 49.5 Å². The van der Waals surface area contributed by atoms with E-state index in [4.69, 9.17) is 16.3 Å². The van der Waals surface area contributed by atoms with Gasteiger partial charge < -0.3 is 10.1 Å². The molecule has 5 heteroatoms. The molecule has 0 radical (unpaired) electrons. The third-order valence-electron chi connectivity index (χ3n) is 4.27. The van der Waals surface area contributed by atoms with Gasteiger partial charge >= 0.3 is 0 Å². The van der Waals surface area contributed by atoms with Gasteiger partial charge in [-0.3, -0.25) is 9.69 Å². The Morgan fingerprint density at radius 2 is 2.05 bits per heavy atom. The van der Waals surface area contributed by atoms with Gasteiger partial charge in [0.15, 0.2) is 5.78 Å². The summed E-state index contributed by atoms with van der Waals surface area (Å²) in [7, 11) is 0. The standard InChI is InChI=1S/C17H25ClN2O2/c1-5-22-14-10-11(2)16(18)12(3)15(14)17(21)13(4)20-8-6-19-7-9-20/h10,13,19H,5-9H2,1-4H3. The quantitative estimate of drug-likeness (QED) is 0.846. The number of halogens is 1. The summed E-state index contributed by atoms with van der Waals surface area (Å²) in [6, 6.07) is 1.70. The molecule has 1 atom stereocenters.